The van der Waals surface area contributed by atoms with Gasteiger partial charge in [0.05, 0.1) is 0 Å². The fourth-order valence-corrected chi connectivity index (χ4v) is 2.65. The number of hydrogen-bond donors (Lipinski definition) is 2. The van der Waals surface area contributed by atoms with Gasteiger partial charge in [0.25, 0.3) is 0 Å². The smallest absolute Gasteiger partial charge is 0.0472 e. The van der Waals surface area contributed by atoms with E-state index in [0.29, 0.717) is 0 Å². The van der Waals surface area contributed by atoms with E-state index >= 15 is 0 Å². The van der Waals surface area contributed by atoms with Crippen LogP contribution in [0.4, 0.5) is 0 Å². The van der Waals surface area contributed by atoms with Gasteiger partial charge in [0, 0.05) is 47.8 Å². The van der Waals surface area contributed by atoms with Crippen molar-refractivity contribution in [2.45, 2.75) is 25.4 Å². The van der Waals surface area contributed by atoms with Crippen LogP contribution in [0.25, 0.3) is 10.9 Å². The quantitative estimate of drug-likeness (QED) is 0.796. The number of aromatic nitrogens is 1. The third-order valence-electron chi connectivity index (χ3n) is 3.86. The van der Waals surface area contributed by atoms with E-state index < -0.39 is 0 Å². The predicted molar refractivity (Wildman–Crippen MR) is 80.7 cm³/mol. The van der Waals surface area contributed by atoms with Crippen molar-refractivity contribution >= 4 is 22.5 Å². The molecule has 1 aromatic heterocycles. The third-order valence-corrected chi connectivity index (χ3v) is 4.09. The number of likely N-dealkylation sites (N-methyl/N-ethyl adjacent to an activating group) is 1. The van der Waals surface area contributed by atoms with E-state index in [0.717, 1.165) is 36.2 Å². The van der Waals surface area contributed by atoms with Gasteiger partial charge in [-0.15, -0.1) is 0 Å². The first kappa shape index (κ1) is 13.0. The van der Waals surface area contributed by atoms with Gasteiger partial charge < -0.3 is 15.2 Å². The van der Waals surface area contributed by atoms with E-state index in [1.165, 1.54) is 23.8 Å². The second-order valence-corrected chi connectivity index (χ2v) is 5.83. The molecule has 2 aromatic rings. The molecule has 0 bridgehead atoms. The van der Waals surface area contributed by atoms with Gasteiger partial charge in [0.1, 0.15) is 0 Å². The maximum Gasteiger partial charge on any atom is 0.0472 e. The SMILES string of the molecule is CN(CCNCc1c[nH]c2cc(Cl)ccc12)C1CC1. The Morgan fingerprint density at radius 1 is 1.42 bits per heavy atom. The molecule has 1 aliphatic carbocycles. The first-order valence-electron chi connectivity index (χ1n) is 6.90. The molecule has 1 fully saturated rings. The summed E-state index contributed by atoms with van der Waals surface area (Å²) in [4.78, 5) is 5.72. The van der Waals surface area contributed by atoms with Crippen LogP contribution >= 0.6 is 11.6 Å². The van der Waals surface area contributed by atoms with Crippen LogP contribution in [-0.2, 0) is 6.54 Å². The molecule has 0 unspecified atom stereocenters. The molecule has 0 saturated heterocycles. The van der Waals surface area contributed by atoms with E-state index in [-0.39, 0.29) is 0 Å². The van der Waals surface area contributed by atoms with Gasteiger partial charge in [-0.05, 0) is 37.6 Å². The summed E-state index contributed by atoms with van der Waals surface area (Å²) in [5.41, 5.74) is 2.42. The minimum atomic E-state index is 0.778. The van der Waals surface area contributed by atoms with E-state index in [1.54, 1.807) is 0 Å². The van der Waals surface area contributed by atoms with Crippen molar-refractivity contribution in [3.8, 4) is 0 Å². The lowest BCUT2D eigenvalue weighted by molar-refractivity contribution is 0.322. The first-order chi connectivity index (χ1) is 9.24. The largest absolute Gasteiger partial charge is 0.361 e. The Kier molecular flexibility index (Phi) is 3.78. The minimum Gasteiger partial charge on any atom is -0.361 e. The van der Waals surface area contributed by atoms with E-state index in [2.05, 4.69) is 34.5 Å². The Morgan fingerprint density at radius 3 is 3.05 bits per heavy atom. The maximum atomic E-state index is 5.98. The summed E-state index contributed by atoms with van der Waals surface area (Å²) in [7, 11) is 2.22. The zero-order valence-electron chi connectivity index (χ0n) is 11.2. The molecule has 0 amide bonds. The van der Waals surface area contributed by atoms with Crippen molar-refractivity contribution in [3.63, 3.8) is 0 Å². The third kappa shape index (κ3) is 3.11. The Bertz CT molecular complexity index is 560. The van der Waals surface area contributed by atoms with Crippen molar-refractivity contribution in [2.24, 2.45) is 0 Å². The van der Waals surface area contributed by atoms with Gasteiger partial charge in [-0.1, -0.05) is 17.7 Å². The summed E-state index contributed by atoms with van der Waals surface area (Å²) >= 11 is 5.98. The van der Waals surface area contributed by atoms with Crippen LogP contribution in [0.15, 0.2) is 24.4 Å². The summed E-state index contributed by atoms with van der Waals surface area (Å²) in [6, 6.07) is 6.85. The van der Waals surface area contributed by atoms with Gasteiger partial charge in [-0.3, -0.25) is 0 Å². The lowest BCUT2D eigenvalue weighted by Crippen LogP contribution is -2.30. The number of H-pyrrole nitrogens is 1. The highest BCUT2D eigenvalue weighted by Gasteiger charge is 2.25. The zero-order valence-corrected chi connectivity index (χ0v) is 12.0. The zero-order chi connectivity index (χ0) is 13.2. The van der Waals surface area contributed by atoms with Gasteiger partial charge in [-0.25, -0.2) is 0 Å². The average Bonchev–Trinajstić information content (AvgIpc) is 3.17. The second kappa shape index (κ2) is 5.53. The van der Waals surface area contributed by atoms with Gasteiger partial charge in [0.2, 0.25) is 0 Å². The van der Waals surface area contributed by atoms with Crippen molar-refractivity contribution < 1.29 is 0 Å². The number of benzene rings is 1. The highest BCUT2D eigenvalue weighted by molar-refractivity contribution is 6.31. The van der Waals surface area contributed by atoms with E-state index in [1.807, 2.05) is 12.1 Å². The summed E-state index contributed by atoms with van der Waals surface area (Å²) in [5, 5.41) is 5.55. The monoisotopic (exact) mass is 277 g/mol. The molecule has 19 heavy (non-hydrogen) atoms. The van der Waals surface area contributed by atoms with Crippen LogP contribution in [0.2, 0.25) is 5.02 Å². The molecular weight excluding hydrogens is 258 g/mol. The maximum absolute atomic E-state index is 5.98. The molecule has 3 nitrogen and oxygen atoms in total. The molecule has 1 heterocycles. The average molecular weight is 278 g/mol. The summed E-state index contributed by atoms with van der Waals surface area (Å²) in [6.45, 7) is 3.06. The van der Waals surface area contributed by atoms with Crippen LogP contribution in [-0.4, -0.2) is 36.1 Å². The van der Waals surface area contributed by atoms with E-state index in [4.69, 9.17) is 11.6 Å². The summed E-state index contributed by atoms with van der Waals surface area (Å²) in [5.74, 6) is 0. The lowest BCUT2D eigenvalue weighted by Gasteiger charge is -2.15. The molecule has 4 heteroatoms. The topological polar surface area (TPSA) is 31.1 Å². The number of halogens is 1. The first-order valence-corrected chi connectivity index (χ1v) is 7.28. The fourth-order valence-electron chi connectivity index (χ4n) is 2.48. The lowest BCUT2D eigenvalue weighted by atomic mass is 10.2. The summed E-state index contributed by atoms with van der Waals surface area (Å²) in [6.07, 6.45) is 4.82. The Balaban J connectivity index is 1.53. The van der Waals surface area contributed by atoms with Gasteiger partial charge >= 0.3 is 0 Å². The van der Waals surface area contributed by atoms with Gasteiger partial charge in [0.15, 0.2) is 0 Å². The normalized spacial score (nSPS) is 15.5. The molecule has 102 valence electrons. The Labute approximate surface area is 118 Å². The number of fused-ring (bicyclic) bond motifs is 1. The van der Waals surface area contributed by atoms with Crippen LogP contribution in [0.5, 0.6) is 0 Å². The van der Waals surface area contributed by atoms with Crippen molar-refractivity contribution in [1.29, 1.82) is 0 Å². The summed E-state index contributed by atoms with van der Waals surface area (Å²) < 4.78 is 0. The van der Waals surface area contributed by atoms with E-state index in [9.17, 15) is 0 Å². The van der Waals surface area contributed by atoms with Crippen LogP contribution in [0.3, 0.4) is 0 Å². The molecule has 1 aliphatic rings. The number of hydrogen-bond acceptors (Lipinski definition) is 2. The van der Waals surface area contributed by atoms with Crippen molar-refractivity contribution in [2.75, 3.05) is 20.1 Å². The number of nitrogens with one attached hydrogen (secondary N) is 2. The fraction of sp³-hybridized carbons (Fsp3) is 0.467. The molecule has 0 aliphatic heterocycles. The Morgan fingerprint density at radius 2 is 2.26 bits per heavy atom. The highest BCUT2D eigenvalue weighted by atomic mass is 35.5. The molecule has 0 atom stereocenters. The number of aromatic amines is 1. The molecular formula is C15H20ClN3. The van der Waals surface area contributed by atoms with Crippen LogP contribution < -0.4 is 5.32 Å². The molecule has 1 aromatic carbocycles. The number of rotatable bonds is 6. The van der Waals surface area contributed by atoms with Crippen molar-refractivity contribution in [3.05, 3.63) is 35.0 Å². The molecule has 1 saturated carbocycles. The molecule has 2 N–H and O–H groups in total. The minimum absolute atomic E-state index is 0.778. The molecule has 3 rings (SSSR count). The van der Waals surface area contributed by atoms with Crippen LogP contribution in [0.1, 0.15) is 18.4 Å². The van der Waals surface area contributed by atoms with Gasteiger partial charge in [-0.2, -0.15) is 0 Å². The second-order valence-electron chi connectivity index (χ2n) is 5.39. The molecule has 0 spiro atoms. The standard InChI is InChI=1S/C15H20ClN3/c1-19(13-3-4-13)7-6-17-9-11-10-18-15-8-12(16)2-5-14(11)15/h2,5,8,10,13,17-18H,3-4,6-7,9H2,1H3. The Hall–Kier alpha value is -1.03. The predicted octanol–water partition coefficient (Wildman–Crippen LogP) is 3.01. The highest BCUT2D eigenvalue weighted by Crippen LogP contribution is 2.24. The van der Waals surface area contributed by atoms with Crippen molar-refractivity contribution in [1.82, 2.24) is 15.2 Å². The number of nitrogens with zero attached hydrogens (tertiary/aromatic N) is 1. The molecule has 0 radical (unpaired) electrons. The van der Waals surface area contributed by atoms with Crippen LogP contribution in [0, 0.1) is 0 Å².